The van der Waals surface area contributed by atoms with E-state index in [1.54, 1.807) is 23.1 Å². The number of carbonyl (C=O) groups excluding carboxylic acids is 2. The summed E-state index contributed by atoms with van der Waals surface area (Å²) in [6, 6.07) is 9.71. The van der Waals surface area contributed by atoms with Crippen molar-refractivity contribution in [1.82, 2.24) is 15.1 Å². The zero-order valence-corrected chi connectivity index (χ0v) is 15.5. The van der Waals surface area contributed by atoms with Gasteiger partial charge < -0.3 is 15.4 Å². The smallest absolute Gasteiger partial charge is 0.406 e. The number of amides is 2. The molecule has 0 radical (unpaired) electrons. The van der Waals surface area contributed by atoms with Crippen molar-refractivity contribution in [3.8, 4) is 5.75 Å². The van der Waals surface area contributed by atoms with Gasteiger partial charge in [-0.15, -0.1) is 24.5 Å². The van der Waals surface area contributed by atoms with Gasteiger partial charge in [0.25, 0.3) is 0 Å². The van der Waals surface area contributed by atoms with E-state index in [9.17, 15) is 22.8 Å². The van der Waals surface area contributed by atoms with E-state index >= 15 is 0 Å². The lowest BCUT2D eigenvalue weighted by molar-refractivity contribution is -0.274. The van der Waals surface area contributed by atoms with Crippen molar-refractivity contribution < 1.29 is 27.5 Å². The normalized spacial score (nSPS) is 12.2. The Morgan fingerprint density at radius 3 is 2.48 bits per heavy atom. The maximum atomic E-state index is 12.2. The fourth-order valence-electron chi connectivity index (χ4n) is 2.47. The Labute approximate surface area is 167 Å². The van der Waals surface area contributed by atoms with Crippen LogP contribution in [0.25, 0.3) is 0 Å². The second-order valence-electron chi connectivity index (χ2n) is 5.75. The maximum Gasteiger partial charge on any atom is 0.573 e. The molecule has 0 aliphatic rings. The molecule has 0 saturated carbocycles. The van der Waals surface area contributed by atoms with Crippen LogP contribution < -0.4 is 15.4 Å². The first-order chi connectivity index (χ1) is 13.8. The van der Waals surface area contributed by atoms with Crippen molar-refractivity contribution in [3.63, 3.8) is 0 Å². The summed E-state index contributed by atoms with van der Waals surface area (Å²) in [6.07, 6.45) is -1.44. The molecule has 1 atom stereocenters. The Balaban J connectivity index is 1.57. The number of nitrogens with one attached hydrogen (secondary N) is 2. The molecule has 2 N–H and O–H groups in total. The van der Waals surface area contributed by atoms with Crippen molar-refractivity contribution in [2.24, 2.45) is 0 Å². The van der Waals surface area contributed by atoms with Crippen LogP contribution >= 0.6 is 11.3 Å². The zero-order chi connectivity index (χ0) is 20.9. The first-order valence-electron chi connectivity index (χ1n) is 8.29. The average molecular weight is 424 g/mol. The molecule has 7 nitrogen and oxygen atoms in total. The molecule has 3 rings (SSSR count). The third kappa shape index (κ3) is 5.82. The van der Waals surface area contributed by atoms with E-state index in [0.717, 1.165) is 17.0 Å². The van der Waals surface area contributed by atoms with Gasteiger partial charge in [0.1, 0.15) is 11.8 Å². The summed E-state index contributed by atoms with van der Waals surface area (Å²) >= 11 is 1.49. The van der Waals surface area contributed by atoms with Crippen LogP contribution in [-0.2, 0) is 9.59 Å². The molecule has 0 spiro atoms. The predicted octanol–water partition coefficient (Wildman–Crippen LogP) is 3.19. The molecule has 3 aromatic rings. The number of halogens is 3. The van der Waals surface area contributed by atoms with Gasteiger partial charge in [-0.2, -0.15) is 5.10 Å². The number of ether oxygens (including phenoxy) is 1. The minimum Gasteiger partial charge on any atom is -0.406 e. The topological polar surface area (TPSA) is 85.2 Å². The Kier molecular flexibility index (Phi) is 6.17. The van der Waals surface area contributed by atoms with Crippen LogP contribution in [0, 0.1) is 0 Å². The van der Waals surface area contributed by atoms with Gasteiger partial charge in [-0.25, -0.2) is 0 Å². The molecule has 0 bridgehead atoms. The van der Waals surface area contributed by atoms with Crippen LogP contribution in [0.2, 0.25) is 0 Å². The monoisotopic (exact) mass is 424 g/mol. The highest BCUT2D eigenvalue weighted by molar-refractivity contribution is 7.10. The minimum absolute atomic E-state index is 0.132. The molecule has 29 heavy (non-hydrogen) atoms. The number of rotatable bonds is 6. The number of carbonyl (C=O) groups is 2. The summed E-state index contributed by atoms with van der Waals surface area (Å²) in [7, 11) is 0. The Hall–Kier alpha value is -3.34. The van der Waals surface area contributed by atoms with Crippen molar-refractivity contribution >= 4 is 28.8 Å². The lowest BCUT2D eigenvalue weighted by Crippen LogP contribution is -2.38. The second kappa shape index (κ2) is 8.78. The van der Waals surface area contributed by atoms with E-state index < -0.39 is 23.9 Å². The first-order valence-corrected chi connectivity index (χ1v) is 9.17. The molecule has 2 amide bonds. The van der Waals surface area contributed by atoms with E-state index in [-0.39, 0.29) is 18.3 Å². The van der Waals surface area contributed by atoms with Crippen LogP contribution in [0.15, 0.2) is 60.2 Å². The van der Waals surface area contributed by atoms with Crippen LogP contribution in [0.3, 0.4) is 0 Å². The van der Waals surface area contributed by atoms with Crippen molar-refractivity contribution in [2.45, 2.75) is 12.4 Å². The summed E-state index contributed by atoms with van der Waals surface area (Å²) < 4.78 is 41.9. The van der Waals surface area contributed by atoms with E-state index in [2.05, 4.69) is 20.5 Å². The van der Waals surface area contributed by atoms with Gasteiger partial charge in [0, 0.05) is 29.5 Å². The standard InChI is InChI=1S/C18H15F3N4O3S/c19-18(20,21)28-13-6-4-12(5-7-13)24-17(27)16(26)22-11-14(15-3-1-10-29-15)25-9-2-8-23-25/h1-10,14H,11H2,(H,22,26)(H,24,27)/t14-/m1/s1. The van der Waals surface area contributed by atoms with Crippen LogP contribution in [0.4, 0.5) is 18.9 Å². The molecule has 152 valence electrons. The highest BCUT2D eigenvalue weighted by Crippen LogP contribution is 2.24. The van der Waals surface area contributed by atoms with Gasteiger partial charge in [0.15, 0.2) is 0 Å². The third-order valence-electron chi connectivity index (χ3n) is 3.72. The highest BCUT2D eigenvalue weighted by atomic mass is 32.1. The van der Waals surface area contributed by atoms with Gasteiger partial charge in [-0.1, -0.05) is 6.07 Å². The maximum absolute atomic E-state index is 12.2. The lowest BCUT2D eigenvalue weighted by Gasteiger charge is -2.17. The number of nitrogens with zero attached hydrogens (tertiary/aromatic N) is 2. The minimum atomic E-state index is -4.81. The number of thiophene rings is 1. The summed E-state index contributed by atoms with van der Waals surface area (Å²) in [5.41, 5.74) is 0.154. The van der Waals surface area contributed by atoms with Gasteiger partial charge in [0.2, 0.25) is 0 Å². The van der Waals surface area contributed by atoms with E-state index in [4.69, 9.17) is 0 Å². The SMILES string of the molecule is O=C(NC[C@H](c1cccs1)n1cccn1)C(=O)Nc1ccc(OC(F)(F)F)cc1. The Morgan fingerprint density at radius 1 is 1.14 bits per heavy atom. The highest BCUT2D eigenvalue weighted by Gasteiger charge is 2.31. The van der Waals surface area contributed by atoms with E-state index in [0.29, 0.717) is 0 Å². The number of benzene rings is 1. The quantitative estimate of drug-likeness (QED) is 0.596. The number of aromatic nitrogens is 2. The Morgan fingerprint density at radius 2 is 1.90 bits per heavy atom. The molecule has 0 fully saturated rings. The summed E-state index contributed by atoms with van der Waals surface area (Å²) in [5.74, 6) is -2.26. The van der Waals surface area contributed by atoms with Gasteiger partial charge in [-0.3, -0.25) is 14.3 Å². The number of hydrogen-bond acceptors (Lipinski definition) is 5. The second-order valence-corrected chi connectivity index (χ2v) is 6.73. The largest absolute Gasteiger partial charge is 0.573 e. The first kappa shape index (κ1) is 20.4. The predicted molar refractivity (Wildman–Crippen MR) is 99.4 cm³/mol. The van der Waals surface area contributed by atoms with Gasteiger partial charge >= 0.3 is 18.2 Å². The molecule has 2 heterocycles. The fraction of sp³-hybridized carbons (Fsp3) is 0.167. The molecular weight excluding hydrogens is 409 g/mol. The summed E-state index contributed by atoms with van der Waals surface area (Å²) in [4.78, 5) is 25.1. The molecule has 0 aliphatic carbocycles. The molecule has 1 aromatic carbocycles. The third-order valence-corrected chi connectivity index (χ3v) is 4.70. The summed E-state index contributed by atoms with van der Waals surface area (Å²) in [5, 5.41) is 10.9. The Bertz CT molecular complexity index is 908. The number of anilines is 1. The molecule has 2 aromatic heterocycles. The zero-order valence-electron chi connectivity index (χ0n) is 14.7. The van der Waals surface area contributed by atoms with E-state index in [1.807, 2.05) is 17.5 Å². The van der Waals surface area contributed by atoms with Crippen molar-refractivity contribution in [1.29, 1.82) is 0 Å². The van der Waals surface area contributed by atoms with Crippen molar-refractivity contribution in [2.75, 3.05) is 11.9 Å². The van der Waals surface area contributed by atoms with Gasteiger partial charge in [0.05, 0.1) is 0 Å². The van der Waals surface area contributed by atoms with Crippen LogP contribution in [0.1, 0.15) is 10.9 Å². The number of alkyl halides is 3. The van der Waals surface area contributed by atoms with Crippen LogP contribution in [-0.4, -0.2) is 34.5 Å². The van der Waals surface area contributed by atoms with E-state index in [1.165, 1.54) is 23.5 Å². The van der Waals surface area contributed by atoms with Gasteiger partial charge in [-0.05, 0) is 41.8 Å². The van der Waals surface area contributed by atoms with Crippen LogP contribution in [0.5, 0.6) is 5.75 Å². The molecular formula is C18H15F3N4O3S. The average Bonchev–Trinajstić information content (AvgIpc) is 3.36. The molecule has 0 aliphatic heterocycles. The fourth-order valence-corrected chi connectivity index (χ4v) is 3.29. The molecule has 0 saturated heterocycles. The molecule has 11 heteroatoms. The number of hydrogen-bond donors (Lipinski definition) is 2. The lowest BCUT2D eigenvalue weighted by atomic mass is 10.2. The summed E-state index contributed by atoms with van der Waals surface area (Å²) in [6.45, 7) is 0.132. The van der Waals surface area contributed by atoms with Crippen molar-refractivity contribution in [3.05, 3.63) is 65.1 Å². The molecule has 0 unspecified atom stereocenters.